The third-order valence-electron chi connectivity index (χ3n) is 5.05. The molecule has 3 aromatic carbocycles. The number of hydrogen-bond donors (Lipinski definition) is 0. The molecule has 0 fully saturated rings. The van der Waals surface area contributed by atoms with E-state index >= 15 is 0 Å². The predicted octanol–water partition coefficient (Wildman–Crippen LogP) is 4.65. The largest absolute Gasteiger partial charge is 0.288 e. The molecule has 0 radical (unpaired) electrons. The molecule has 0 aliphatic rings. The van der Waals surface area contributed by atoms with Crippen LogP contribution in [0, 0.1) is 10.1 Å². The topological polar surface area (TPSA) is 112 Å². The maximum absolute atomic E-state index is 13.6. The van der Waals surface area contributed by atoms with Gasteiger partial charge in [0.15, 0.2) is 11.6 Å². The van der Waals surface area contributed by atoms with Crippen LogP contribution in [0.4, 0.5) is 5.69 Å². The van der Waals surface area contributed by atoms with Gasteiger partial charge >= 0.3 is 0 Å². The van der Waals surface area contributed by atoms with Gasteiger partial charge in [-0.15, -0.1) is 0 Å². The van der Waals surface area contributed by atoms with Crippen LogP contribution >= 0.6 is 0 Å². The first kappa shape index (κ1) is 22.2. The first-order valence-electron chi connectivity index (χ1n) is 10.2. The Balaban J connectivity index is 1.96. The minimum Gasteiger partial charge on any atom is -0.288 e. The molecule has 34 heavy (non-hydrogen) atoms. The molecule has 4 rings (SSSR count). The summed E-state index contributed by atoms with van der Waals surface area (Å²) in [7, 11) is 0. The normalized spacial score (nSPS) is 10.4. The Morgan fingerprint density at radius 1 is 0.676 bits per heavy atom. The molecule has 0 unspecified atom stereocenters. The second kappa shape index (κ2) is 9.66. The summed E-state index contributed by atoms with van der Waals surface area (Å²) in [4.78, 5) is 51.3. The van der Waals surface area contributed by atoms with Crippen LogP contribution < -0.4 is 0 Å². The summed E-state index contributed by atoms with van der Waals surface area (Å²) in [5, 5.41) is 15.1. The van der Waals surface area contributed by atoms with Gasteiger partial charge in [-0.3, -0.25) is 24.5 Å². The molecule has 1 heterocycles. The zero-order chi connectivity index (χ0) is 24.1. The van der Waals surface area contributed by atoms with Crippen LogP contribution in [-0.4, -0.2) is 32.1 Å². The number of nitrogens with zero attached hydrogens (tertiary/aromatic N) is 3. The van der Waals surface area contributed by atoms with E-state index < -0.39 is 22.3 Å². The zero-order valence-corrected chi connectivity index (χ0v) is 17.7. The second-order valence-electron chi connectivity index (χ2n) is 7.20. The number of carbonyl (C=O) groups is 3. The molecule has 1 aromatic heterocycles. The molecular formula is C26H17N3O5. The number of non-ortho nitro benzene ring substituents is 1. The lowest BCUT2D eigenvalue weighted by Crippen LogP contribution is -2.23. The average molecular weight is 451 g/mol. The fourth-order valence-electron chi connectivity index (χ4n) is 3.39. The number of Topliss-reactive ketones (excluding diaryl/α,β-unsaturated/α-hetero) is 3. The van der Waals surface area contributed by atoms with Crippen molar-refractivity contribution >= 4 is 28.7 Å². The molecule has 4 aromatic rings. The van der Waals surface area contributed by atoms with Crippen LogP contribution in [0.1, 0.15) is 31.1 Å². The van der Waals surface area contributed by atoms with Crippen molar-refractivity contribution in [3.8, 4) is 0 Å². The van der Waals surface area contributed by atoms with Crippen LogP contribution in [0.15, 0.2) is 109 Å². The Kier molecular flexibility index (Phi) is 6.31. The van der Waals surface area contributed by atoms with Crippen LogP contribution in [0.25, 0.3) is 5.70 Å². The third-order valence-corrected chi connectivity index (χ3v) is 5.05. The highest BCUT2D eigenvalue weighted by Crippen LogP contribution is 2.25. The Hall–Kier alpha value is -4.98. The summed E-state index contributed by atoms with van der Waals surface area (Å²) < 4.78 is 1.17. The highest BCUT2D eigenvalue weighted by molar-refractivity contribution is 6.41. The summed E-state index contributed by atoms with van der Waals surface area (Å²) in [6.07, 6.45) is 2.87. The zero-order valence-electron chi connectivity index (χ0n) is 17.7. The molecule has 0 bridgehead atoms. The van der Waals surface area contributed by atoms with Gasteiger partial charge in [-0.05, 0) is 18.2 Å². The van der Waals surface area contributed by atoms with Gasteiger partial charge in [0.25, 0.3) is 5.69 Å². The Bertz CT molecular complexity index is 1340. The standard InChI is InChI=1S/C26H17N3O5/c30-24(18-8-3-1-4-9-18)22(25(31)19-10-5-2-6-11-19)23(28-17-7-16-27-28)26(32)20-12-14-21(15-13-20)29(33)34/h1-17H. The quantitative estimate of drug-likeness (QED) is 0.0962. The van der Waals surface area contributed by atoms with Crippen molar-refractivity contribution in [3.05, 3.63) is 136 Å². The van der Waals surface area contributed by atoms with Gasteiger partial charge in [0.05, 0.1) is 4.92 Å². The lowest BCUT2D eigenvalue weighted by atomic mass is 9.91. The van der Waals surface area contributed by atoms with Gasteiger partial charge in [0.2, 0.25) is 5.78 Å². The molecule has 8 heteroatoms. The molecular weight excluding hydrogens is 434 g/mol. The second-order valence-corrected chi connectivity index (χ2v) is 7.20. The molecule has 0 aliphatic carbocycles. The molecule has 0 saturated heterocycles. The van der Waals surface area contributed by atoms with E-state index in [1.807, 2.05) is 0 Å². The van der Waals surface area contributed by atoms with E-state index in [0.717, 1.165) is 0 Å². The summed E-state index contributed by atoms with van der Waals surface area (Å²) >= 11 is 0. The van der Waals surface area contributed by atoms with E-state index in [-0.39, 0.29) is 33.6 Å². The minimum absolute atomic E-state index is 0.0651. The smallest absolute Gasteiger partial charge is 0.269 e. The van der Waals surface area contributed by atoms with Crippen molar-refractivity contribution in [3.63, 3.8) is 0 Å². The molecule has 166 valence electrons. The maximum atomic E-state index is 13.6. The Labute approximate surface area is 193 Å². The van der Waals surface area contributed by atoms with Gasteiger partial charge in [-0.25, -0.2) is 4.68 Å². The van der Waals surface area contributed by atoms with Crippen molar-refractivity contribution in [2.45, 2.75) is 0 Å². The maximum Gasteiger partial charge on any atom is 0.269 e. The van der Waals surface area contributed by atoms with Gasteiger partial charge in [0.1, 0.15) is 11.3 Å². The number of aromatic nitrogens is 2. The van der Waals surface area contributed by atoms with Crippen molar-refractivity contribution in [2.24, 2.45) is 0 Å². The van der Waals surface area contributed by atoms with Crippen molar-refractivity contribution in [1.82, 2.24) is 9.78 Å². The number of nitro groups is 1. The lowest BCUT2D eigenvalue weighted by Gasteiger charge is -2.14. The van der Waals surface area contributed by atoms with Crippen LogP contribution in [0.5, 0.6) is 0 Å². The summed E-state index contributed by atoms with van der Waals surface area (Å²) in [5.41, 5.74) is -0.283. The first-order valence-corrected chi connectivity index (χ1v) is 10.2. The van der Waals surface area contributed by atoms with E-state index in [2.05, 4.69) is 5.10 Å². The SMILES string of the molecule is O=C(C(C(=O)c1ccccc1)=C(C(=O)c1ccc([N+](=O)[O-])cc1)n1cccn1)c1ccccc1. The van der Waals surface area contributed by atoms with Gasteiger partial charge in [-0.1, -0.05) is 60.7 Å². The molecule has 0 N–H and O–H groups in total. The average Bonchev–Trinajstić information content (AvgIpc) is 3.41. The van der Waals surface area contributed by atoms with Crippen molar-refractivity contribution < 1.29 is 19.3 Å². The monoisotopic (exact) mass is 451 g/mol. The van der Waals surface area contributed by atoms with Crippen molar-refractivity contribution in [1.29, 1.82) is 0 Å². The molecule has 0 saturated carbocycles. The number of nitro benzene ring substituents is 1. The summed E-state index contributed by atoms with van der Waals surface area (Å²) in [6, 6.07) is 22.8. The molecule has 8 nitrogen and oxygen atoms in total. The Morgan fingerprint density at radius 3 is 1.62 bits per heavy atom. The molecule has 0 atom stereocenters. The number of benzene rings is 3. The summed E-state index contributed by atoms with van der Waals surface area (Å²) in [6.45, 7) is 0. The van der Waals surface area contributed by atoms with E-state index in [4.69, 9.17) is 0 Å². The van der Waals surface area contributed by atoms with Crippen LogP contribution in [-0.2, 0) is 0 Å². The fraction of sp³-hybridized carbons (Fsp3) is 0. The molecule has 0 amide bonds. The summed E-state index contributed by atoms with van der Waals surface area (Å²) in [5.74, 6) is -1.97. The van der Waals surface area contributed by atoms with Gasteiger partial charge in [0, 0.05) is 41.2 Å². The third kappa shape index (κ3) is 4.46. The number of carbonyl (C=O) groups excluding carboxylic acids is 3. The predicted molar refractivity (Wildman–Crippen MR) is 124 cm³/mol. The number of hydrogen-bond acceptors (Lipinski definition) is 6. The van der Waals surface area contributed by atoms with E-state index in [0.29, 0.717) is 0 Å². The highest BCUT2D eigenvalue weighted by atomic mass is 16.6. The lowest BCUT2D eigenvalue weighted by molar-refractivity contribution is -0.384. The van der Waals surface area contributed by atoms with Gasteiger partial charge in [-0.2, -0.15) is 5.10 Å². The van der Waals surface area contributed by atoms with Crippen LogP contribution in [0.3, 0.4) is 0 Å². The minimum atomic E-state index is -0.679. The van der Waals surface area contributed by atoms with Crippen molar-refractivity contribution in [2.75, 3.05) is 0 Å². The number of allylic oxidation sites excluding steroid dienone is 2. The van der Waals surface area contributed by atoms with E-state index in [9.17, 15) is 24.5 Å². The number of rotatable bonds is 8. The Morgan fingerprint density at radius 2 is 1.18 bits per heavy atom. The number of ketones is 3. The first-order chi connectivity index (χ1) is 16.5. The molecule has 0 aliphatic heterocycles. The molecule has 0 spiro atoms. The van der Waals surface area contributed by atoms with Gasteiger partial charge < -0.3 is 0 Å². The van der Waals surface area contributed by atoms with Crippen LogP contribution in [0.2, 0.25) is 0 Å². The highest BCUT2D eigenvalue weighted by Gasteiger charge is 2.31. The van der Waals surface area contributed by atoms with E-state index in [1.165, 1.54) is 41.3 Å². The van der Waals surface area contributed by atoms with E-state index in [1.54, 1.807) is 66.7 Å². The fourth-order valence-corrected chi connectivity index (χ4v) is 3.39.